The van der Waals surface area contributed by atoms with Crippen LogP contribution in [-0.2, 0) is 9.53 Å². The summed E-state index contributed by atoms with van der Waals surface area (Å²) in [6.45, 7) is 9.14. The first kappa shape index (κ1) is 27.1. The highest BCUT2D eigenvalue weighted by molar-refractivity contribution is 7.99. The van der Waals surface area contributed by atoms with Gasteiger partial charge in [0, 0.05) is 22.5 Å². The smallest absolute Gasteiger partial charge is 0.338 e. The molecule has 0 saturated carbocycles. The van der Waals surface area contributed by atoms with E-state index in [2.05, 4.69) is 15.0 Å². The van der Waals surface area contributed by atoms with E-state index in [1.807, 2.05) is 26.0 Å². The Morgan fingerprint density at radius 2 is 1.82 bits per heavy atom. The number of hydrogen-bond donors (Lipinski definition) is 0. The number of aromatic nitrogens is 3. The van der Waals surface area contributed by atoms with Crippen LogP contribution >= 0.6 is 34.7 Å². The molecule has 0 fully saturated rings. The second-order valence-electron chi connectivity index (χ2n) is 9.28. The van der Waals surface area contributed by atoms with Crippen molar-refractivity contribution in [2.24, 2.45) is 4.99 Å². The Morgan fingerprint density at radius 1 is 1.13 bits per heavy atom. The van der Waals surface area contributed by atoms with Gasteiger partial charge in [-0.3, -0.25) is 9.36 Å². The maximum absolute atomic E-state index is 13.8. The molecule has 4 aromatic rings. The van der Waals surface area contributed by atoms with Crippen LogP contribution in [0.25, 0.3) is 6.08 Å². The van der Waals surface area contributed by atoms with Crippen molar-refractivity contribution < 1.29 is 13.9 Å². The summed E-state index contributed by atoms with van der Waals surface area (Å²) in [6.07, 6.45) is 1.36. The summed E-state index contributed by atoms with van der Waals surface area (Å²) in [5.74, 6) is -0.00729. The number of furan rings is 1. The molecular formula is C28H25ClN4O4S2. The Labute approximate surface area is 237 Å². The molecule has 0 aliphatic carbocycles. The third-order valence-corrected chi connectivity index (χ3v) is 7.82. The fraction of sp³-hybridized carbons (Fsp3) is 0.250. The van der Waals surface area contributed by atoms with Crippen LogP contribution in [0.3, 0.4) is 0 Å². The van der Waals surface area contributed by atoms with E-state index in [0.29, 0.717) is 41.6 Å². The van der Waals surface area contributed by atoms with Crippen molar-refractivity contribution in [3.63, 3.8) is 0 Å². The van der Waals surface area contributed by atoms with Crippen LogP contribution in [0, 0.1) is 13.8 Å². The zero-order chi connectivity index (χ0) is 27.8. The molecule has 4 heterocycles. The molecule has 0 radical (unpaired) electrons. The van der Waals surface area contributed by atoms with Crippen molar-refractivity contribution in [1.29, 1.82) is 0 Å². The van der Waals surface area contributed by atoms with Gasteiger partial charge >= 0.3 is 5.97 Å². The number of esters is 1. The molecule has 11 heteroatoms. The van der Waals surface area contributed by atoms with E-state index in [1.165, 1.54) is 27.7 Å². The molecule has 1 aromatic carbocycles. The molecule has 1 atom stereocenters. The molecule has 1 aliphatic heterocycles. The van der Waals surface area contributed by atoms with Gasteiger partial charge in [-0.15, -0.1) is 0 Å². The number of thiazole rings is 1. The van der Waals surface area contributed by atoms with Crippen molar-refractivity contribution in [3.8, 4) is 0 Å². The molecule has 8 nitrogen and oxygen atoms in total. The van der Waals surface area contributed by atoms with Crippen LogP contribution < -0.4 is 14.9 Å². The van der Waals surface area contributed by atoms with Gasteiger partial charge in [0.1, 0.15) is 5.76 Å². The van der Waals surface area contributed by atoms with Crippen LogP contribution in [0.2, 0.25) is 5.02 Å². The lowest BCUT2D eigenvalue weighted by Gasteiger charge is -2.25. The average Bonchev–Trinajstić information content (AvgIpc) is 3.41. The van der Waals surface area contributed by atoms with Crippen molar-refractivity contribution in [2.75, 3.05) is 0 Å². The number of rotatable bonds is 6. The molecule has 0 saturated heterocycles. The molecule has 0 unspecified atom stereocenters. The van der Waals surface area contributed by atoms with Crippen molar-refractivity contribution >= 4 is 46.7 Å². The Kier molecular flexibility index (Phi) is 7.61. The fourth-order valence-corrected chi connectivity index (χ4v) is 6.23. The molecule has 0 spiro atoms. The molecule has 39 heavy (non-hydrogen) atoms. The number of nitrogens with zero attached hydrogens (tertiary/aromatic N) is 4. The Balaban J connectivity index is 1.56. The molecule has 0 amide bonds. The summed E-state index contributed by atoms with van der Waals surface area (Å²) >= 11 is 8.67. The van der Waals surface area contributed by atoms with Gasteiger partial charge in [0.25, 0.3) is 5.56 Å². The predicted octanol–water partition coefficient (Wildman–Crippen LogP) is 4.99. The lowest BCUT2D eigenvalue weighted by atomic mass is 9.96. The van der Waals surface area contributed by atoms with E-state index in [-0.39, 0.29) is 11.7 Å². The first-order chi connectivity index (χ1) is 18.6. The third kappa shape index (κ3) is 5.78. The summed E-state index contributed by atoms with van der Waals surface area (Å²) in [4.78, 5) is 40.9. The molecule has 5 rings (SSSR count). The van der Waals surface area contributed by atoms with Gasteiger partial charge in [0.15, 0.2) is 15.1 Å². The average molecular weight is 581 g/mol. The normalized spacial score (nSPS) is 15.5. The van der Waals surface area contributed by atoms with Gasteiger partial charge in [-0.2, -0.15) is 0 Å². The summed E-state index contributed by atoms with van der Waals surface area (Å²) in [7, 11) is 0. The first-order valence-electron chi connectivity index (χ1n) is 12.2. The van der Waals surface area contributed by atoms with Gasteiger partial charge in [-0.25, -0.2) is 19.8 Å². The Morgan fingerprint density at radius 3 is 2.49 bits per heavy atom. The second-order valence-corrected chi connectivity index (χ2v) is 11.7. The van der Waals surface area contributed by atoms with Gasteiger partial charge in [0.05, 0.1) is 27.9 Å². The molecule has 0 N–H and O–H groups in total. The molecule has 3 aromatic heterocycles. The maximum atomic E-state index is 13.8. The number of aryl methyl sites for hydroxylation is 2. The minimum atomic E-state index is -0.712. The Bertz CT molecular complexity index is 1760. The highest BCUT2D eigenvalue weighted by Gasteiger charge is 2.33. The fourth-order valence-electron chi connectivity index (χ4n) is 4.25. The molecular weight excluding hydrogens is 556 g/mol. The van der Waals surface area contributed by atoms with Gasteiger partial charge in [-0.05, 0) is 82.3 Å². The van der Waals surface area contributed by atoms with Crippen LogP contribution in [0.4, 0.5) is 0 Å². The highest BCUT2D eigenvalue weighted by atomic mass is 35.5. The summed E-state index contributed by atoms with van der Waals surface area (Å²) in [5.41, 5.74) is 3.00. The van der Waals surface area contributed by atoms with E-state index in [9.17, 15) is 9.59 Å². The Hall–Kier alpha value is -3.47. The molecule has 0 bridgehead atoms. The van der Waals surface area contributed by atoms with Crippen LogP contribution in [0.5, 0.6) is 0 Å². The van der Waals surface area contributed by atoms with E-state index < -0.39 is 12.0 Å². The number of benzene rings is 1. The lowest BCUT2D eigenvalue weighted by molar-refractivity contribution is -0.143. The first-order valence-corrected chi connectivity index (χ1v) is 14.2. The number of allylic oxidation sites excluding steroid dienone is 1. The highest BCUT2D eigenvalue weighted by Crippen LogP contribution is 2.32. The molecule has 1 aliphatic rings. The van der Waals surface area contributed by atoms with Crippen molar-refractivity contribution in [3.05, 3.63) is 101 Å². The minimum Gasteiger partial charge on any atom is -0.459 e. The lowest BCUT2D eigenvalue weighted by Crippen LogP contribution is -2.40. The monoisotopic (exact) mass is 580 g/mol. The van der Waals surface area contributed by atoms with Crippen LogP contribution in [-0.4, -0.2) is 26.6 Å². The SMILES string of the molecule is CC1=C(C(=O)OC(C)C)[C@@H](c2ccc(Cl)cc2)n2c(s/c(=C/c3ccc(Sc4nc(C)cc(C)n4)o3)c2=O)=N1. The van der Waals surface area contributed by atoms with E-state index >= 15 is 0 Å². The summed E-state index contributed by atoms with van der Waals surface area (Å²) < 4.78 is 13.4. The topological polar surface area (TPSA) is 99.6 Å². The second kappa shape index (κ2) is 11.0. The zero-order valence-corrected chi connectivity index (χ0v) is 24.3. The van der Waals surface area contributed by atoms with E-state index in [4.69, 9.17) is 20.8 Å². The summed E-state index contributed by atoms with van der Waals surface area (Å²) in [5, 5.41) is 1.75. The number of fused-ring (bicyclic) bond motifs is 1. The van der Waals surface area contributed by atoms with Gasteiger partial charge in [-0.1, -0.05) is 35.1 Å². The number of hydrogen-bond acceptors (Lipinski definition) is 9. The number of ether oxygens (including phenoxy) is 1. The number of carbonyl (C=O) groups is 1. The van der Waals surface area contributed by atoms with Crippen molar-refractivity contribution in [1.82, 2.24) is 14.5 Å². The van der Waals surface area contributed by atoms with E-state index in [0.717, 1.165) is 17.0 Å². The number of halogens is 1. The quantitative estimate of drug-likeness (QED) is 0.234. The maximum Gasteiger partial charge on any atom is 0.338 e. The molecule has 200 valence electrons. The largest absolute Gasteiger partial charge is 0.459 e. The summed E-state index contributed by atoms with van der Waals surface area (Å²) in [6, 6.07) is 11.9. The minimum absolute atomic E-state index is 0.288. The van der Waals surface area contributed by atoms with Crippen LogP contribution in [0.1, 0.15) is 49.5 Å². The van der Waals surface area contributed by atoms with Crippen LogP contribution in [0.15, 0.2) is 78.2 Å². The van der Waals surface area contributed by atoms with E-state index in [1.54, 1.807) is 57.2 Å². The van der Waals surface area contributed by atoms with Gasteiger partial charge < -0.3 is 9.15 Å². The third-order valence-electron chi connectivity index (χ3n) is 5.80. The van der Waals surface area contributed by atoms with Crippen molar-refractivity contribution in [2.45, 2.75) is 57.0 Å². The zero-order valence-electron chi connectivity index (χ0n) is 21.9. The number of carbonyl (C=O) groups excluding carboxylic acids is 1. The van der Waals surface area contributed by atoms with Gasteiger partial charge in [0.2, 0.25) is 0 Å². The standard InChI is InChI=1S/C28H25ClN4O4S2/c1-14(2)36-26(35)23-17(5)32-28-33(24(23)18-6-8-19(29)9-7-18)25(34)21(38-28)13-20-10-11-22(37-20)39-27-30-15(3)12-16(4)31-27/h6-14,24H,1-5H3/b21-13+/t24-/m1/s1. The predicted molar refractivity (Wildman–Crippen MR) is 151 cm³/mol.